The molecule has 0 unspecified atom stereocenters. The van der Waals surface area contributed by atoms with E-state index in [0.29, 0.717) is 22.9 Å². The number of likely N-dealkylation sites (N-methyl/N-ethyl adjacent to an activating group) is 1. The van der Waals surface area contributed by atoms with Crippen LogP contribution in [0.5, 0.6) is 0 Å². The first-order chi connectivity index (χ1) is 8.67. The maximum Gasteiger partial charge on any atom is 0.238 e. The van der Waals surface area contributed by atoms with Crippen molar-refractivity contribution in [1.82, 2.24) is 4.90 Å². The van der Waals surface area contributed by atoms with E-state index in [4.69, 9.17) is 17.3 Å². The van der Waals surface area contributed by atoms with Gasteiger partial charge in [-0.05, 0) is 30.7 Å². The molecule has 0 saturated heterocycles. The van der Waals surface area contributed by atoms with Gasteiger partial charge in [-0.1, -0.05) is 32.4 Å². The number of nitrogen functional groups attached to an aromatic ring is 1. The van der Waals surface area contributed by atoms with E-state index in [2.05, 4.69) is 26.1 Å². The molecule has 106 valence electrons. The number of nitrogens with two attached hydrogens (primary N) is 1. The Morgan fingerprint density at radius 1 is 1.42 bits per heavy atom. The molecule has 1 aromatic rings. The largest absolute Gasteiger partial charge is 0.399 e. The fraction of sp³-hybridized carbons (Fsp3) is 0.500. The van der Waals surface area contributed by atoms with Crippen molar-refractivity contribution in [2.45, 2.75) is 20.8 Å². The van der Waals surface area contributed by atoms with Gasteiger partial charge in [0.15, 0.2) is 0 Å². The summed E-state index contributed by atoms with van der Waals surface area (Å²) in [5, 5.41) is 3.24. The highest BCUT2D eigenvalue weighted by atomic mass is 35.5. The molecule has 0 fully saturated rings. The molecule has 0 bridgehead atoms. The predicted molar refractivity (Wildman–Crippen MR) is 81.4 cm³/mol. The lowest BCUT2D eigenvalue weighted by atomic mass is 9.96. The number of anilines is 2. The third-order valence-corrected chi connectivity index (χ3v) is 2.74. The van der Waals surface area contributed by atoms with Crippen molar-refractivity contribution < 1.29 is 4.79 Å². The number of amides is 1. The summed E-state index contributed by atoms with van der Waals surface area (Å²) < 4.78 is 0. The van der Waals surface area contributed by atoms with Crippen LogP contribution in [0.25, 0.3) is 0 Å². The average molecular weight is 284 g/mol. The number of benzene rings is 1. The predicted octanol–water partition coefficient (Wildman–Crippen LogP) is 2.84. The van der Waals surface area contributed by atoms with Crippen LogP contribution in [-0.4, -0.2) is 30.9 Å². The summed E-state index contributed by atoms with van der Waals surface area (Å²) in [6.07, 6.45) is 0. The lowest BCUT2D eigenvalue weighted by Crippen LogP contribution is -2.35. The van der Waals surface area contributed by atoms with Crippen LogP contribution in [0.4, 0.5) is 11.4 Å². The Hall–Kier alpha value is -1.26. The molecular weight excluding hydrogens is 262 g/mol. The second-order valence-electron chi connectivity index (χ2n) is 6.02. The average Bonchev–Trinajstić information content (AvgIpc) is 2.19. The summed E-state index contributed by atoms with van der Waals surface area (Å²) in [6.45, 7) is 7.59. The first-order valence-corrected chi connectivity index (χ1v) is 6.58. The minimum atomic E-state index is -0.0848. The number of nitrogens with one attached hydrogen (secondary N) is 1. The van der Waals surface area contributed by atoms with Gasteiger partial charge in [-0.15, -0.1) is 0 Å². The second kappa shape index (κ2) is 6.26. The van der Waals surface area contributed by atoms with E-state index in [0.717, 1.165) is 6.54 Å². The Balaban J connectivity index is 2.56. The zero-order valence-corrected chi connectivity index (χ0v) is 12.7. The third kappa shape index (κ3) is 5.94. The zero-order valence-electron chi connectivity index (χ0n) is 12.0. The maximum atomic E-state index is 11.9. The molecule has 1 amide bonds. The molecule has 0 heterocycles. The van der Waals surface area contributed by atoms with Gasteiger partial charge in [0.1, 0.15) is 0 Å². The quantitative estimate of drug-likeness (QED) is 0.836. The number of carbonyl (C=O) groups excluding carboxylic acids is 1. The molecule has 19 heavy (non-hydrogen) atoms. The van der Waals surface area contributed by atoms with Gasteiger partial charge < -0.3 is 11.1 Å². The highest BCUT2D eigenvalue weighted by Crippen LogP contribution is 2.24. The van der Waals surface area contributed by atoms with Crippen LogP contribution in [0.1, 0.15) is 20.8 Å². The molecule has 0 aromatic heterocycles. The topological polar surface area (TPSA) is 58.4 Å². The van der Waals surface area contributed by atoms with Crippen LogP contribution in [0, 0.1) is 5.41 Å². The first-order valence-electron chi connectivity index (χ1n) is 6.21. The zero-order chi connectivity index (χ0) is 14.6. The third-order valence-electron chi connectivity index (χ3n) is 2.43. The van der Waals surface area contributed by atoms with Crippen LogP contribution in [-0.2, 0) is 4.79 Å². The number of nitrogens with zero attached hydrogens (tertiary/aromatic N) is 1. The van der Waals surface area contributed by atoms with Crippen LogP contribution in [0.15, 0.2) is 18.2 Å². The van der Waals surface area contributed by atoms with Gasteiger partial charge in [0.05, 0.1) is 17.3 Å². The van der Waals surface area contributed by atoms with Gasteiger partial charge in [-0.3, -0.25) is 9.69 Å². The van der Waals surface area contributed by atoms with Gasteiger partial charge in [-0.2, -0.15) is 0 Å². The minimum Gasteiger partial charge on any atom is -0.399 e. The summed E-state index contributed by atoms with van der Waals surface area (Å²) in [5.41, 5.74) is 6.93. The molecule has 0 atom stereocenters. The molecule has 3 N–H and O–H groups in total. The SMILES string of the molecule is CN(CC(=O)Nc1ccc(N)cc1Cl)CC(C)(C)C. The van der Waals surface area contributed by atoms with E-state index in [1.54, 1.807) is 18.2 Å². The molecule has 0 aliphatic rings. The van der Waals surface area contributed by atoms with Gasteiger partial charge in [0, 0.05) is 12.2 Å². The van der Waals surface area contributed by atoms with Crippen LogP contribution < -0.4 is 11.1 Å². The van der Waals surface area contributed by atoms with Crippen molar-refractivity contribution in [2.75, 3.05) is 31.2 Å². The smallest absolute Gasteiger partial charge is 0.238 e. The molecule has 0 radical (unpaired) electrons. The monoisotopic (exact) mass is 283 g/mol. The van der Waals surface area contributed by atoms with Crippen molar-refractivity contribution in [3.05, 3.63) is 23.2 Å². The molecular formula is C14H22ClN3O. The fourth-order valence-electron chi connectivity index (χ4n) is 1.93. The van der Waals surface area contributed by atoms with E-state index in [9.17, 15) is 4.79 Å². The molecule has 4 nitrogen and oxygen atoms in total. The molecule has 1 rings (SSSR count). The van der Waals surface area contributed by atoms with Gasteiger partial charge in [-0.25, -0.2) is 0 Å². The molecule has 0 saturated carbocycles. The summed E-state index contributed by atoms with van der Waals surface area (Å²) in [4.78, 5) is 13.9. The van der Waals surface area contributed by atoms with E-state index >= 15 is 0 Å². The lowest BCUT2D eigenvalue weighted by Gasteiger charge is -2.26. The lowest BCUT2D eigenvalue weighted by molar-refractivity contribution is -0.117. The Kier molecular flexibility index (Phi) is 5.20. The van der Waals surface area contributed by atoms with E-state index in [-0.39, 0.29) is 11.3 Å². The summed E-state index contributed by atoms with van der Waals surface area (Å²) in [7, 11) is 1.93. The van der Waals surface area contributed by atoms with Crippen molar-refractivity contribution in [2.24, 2.45) is 5.41 Å². The Morgan fingerprint density at radius 2 is 2.05 bits per heavy atom. The van der Waals surface area contributed by atoms with E-state index < -0.39 is 0 Å². The summed E-state index contributed by atoms with van der Waals surface area (Å²) in [6, 6.07) is 5.04. The van der Waals surface area contributed by atoms with Crippen LogP contribution in [0.2, 0.25) is 5.02 Å². The first kappa shape index (κ1) is 15.8. The number of halogens is 1. The Labute approximate surface area is 119 Å². The van der Waals surface area contributed by atoms with E-state index in [1.807, 2.05) is 11.9 Å². The van der Waals surface area contributed by atoms with Crippen molar-refractivity contribution in [3.8, 4) is 0 Å². The standard InChI is InChI=1S/C14H22ClN3O/c1-14(2,3)9-18(4)8-13(19)17-12-6-5-10(16)7-11(12)15/h5-7H,8-9,16H2,1-4H3,(H,17,19). The fourth-order valence-corrected chi connectivity index (χ4v) is 2.17. The Bertz CT molecular complexity index is 454. The summed E-state index contributed by atoms with van der Waals surface area (Å²) in [5.74, 6) is -0.0848. The highest BCUT2D eigenvalue weighted by Gasteiger charge is 2.16. The van der Waals surface area contributed by atoms with Gasteiger partial charge >= 0.3 is 0 Å². The minimum absolute atomic E-state index is 0.0848. The second-order valence-corrected chi connectivity index (χ2v) is 6.43. The van der Waals surface area contributed by atoms with E-state index in [1.165, 1.54) is 0 Å². The summed E-state index contributed by atoms with van der Waals surface area (Å²) >= 11 is 6.01. The Morgan fingerprint density at radius 3 is 2.58 bits per heavy atom. The maximum absolute atomic E-state index is 11.9. The van der Waals surface area contributed by atoms with Crippen LogP contribution >= 0.6 is 11.6 Å². The molecule has 1 aromatic carbocycles. The number of hydrogen-bond acceptors (Lipinski definition) is 3. The van der Waals surface area contributed by atoms with Gasteiger partial charge in [0.2, 0.25) is 5.91 Å². The molecule has 0 aliphatic heterocycles. The number of rotatable bonds is 4. The normalized spacial score (nSPS) is 11.7. The van der Waals surface area contributed by atoms with Crippen molar-refractivity contribution in [3.63, 3.8) is 0 Å². The van der Waals surface area contributed by atoms with Gasteiger partial charge in [0.25, 0.3) is 0 Å². The molecule has 0 aliphatic carbocycles. The van der Waals surface area contributed by atoms with Crippen molar-refractivity contribution >= 4 is 28.9 Å². The molecule has 0 spiro atoms. The van der Waals surface area contributed by atoms with Crippen molar-refractivity contribution in [1.29, 1.82) is 0 Å². The number of carbonyl (C=O) groups is 1. The molecule has 5 heteroatoms. The highest BCUT2D eigenvalue weighted by molar-refractivity contribution is 6.34. The van der Waals surface area contributed by atoms with Crippen LogP contribution in [0.3, 0.4) is 0 Å². The number of hydrogen-bond donors (Lipinski definition) is 2.